The number of fused-ring (bicyclic) bond motifs is 1. The second-order valence-electron chi connectivity index (χ2n) is 5.08. The highest BCUT2D eigenvalue weighted by Crippen LogP contribution is 2.23. The Labute approximate surface area is 142 Å². The van der Waals surface area contributed by atoms with E-state index in [1.807, 2.05) is 0 Å². The summed E-state index contributed by atoms with van der Waals surface area (Å²) in [5.74, 6) is -0.375. The van der Waals surface area contributed by atoms with Gasteiger partial charge in [0.05, 0.1) is 6.54 Å². The maximum absolute atomic E-state index is 13.2. The van der Waals surface area contributed by atoms with Gasteiger partial charge in [-0.1, -0.05) is 22.0 Å². The van der Waals surface area contributed by atoms with Crippen molar-refractivity contribution in [1.82, 2.24) is 18.7 Å². The first-order chi connectivity index (χ1) is 10.8. The number of hydrogen-bond acceptors (Lipinski definition) is 3. The maximum Gasteiger partial charge on any atom is 0.332 e. The number of halogens is 3. The third-order valence-electron chi connectivity index (χ3n) is 3.64. The molecule has 3 aromatic rings. The fraction of sp³-hybridized carbons (Fsp3) is 0.214. The molecule has 0 spiro atoms. The number of aromatic nitrogens is 4. The summed E-state index contributed by atoms with van der Waals surface area (Å²) in [4.78, 5) is 28.5. The Morgan fingerprint density at radius 3 is 2.61 bits per heavy atom. The topological polar surface area (TPSA) is 61.8 Å². The van der Waals surface area contributed by atoms with Crippen molar-refractivity contribution in [2.24, 2.45) is 14.1 Å². The number of rotatable bonds is 2. The van der Waals surface area contributed by atoms with E-state index in [-0.39, 0.29) is 28.8 Å². The lowest BCUT2D eigenvalue weighted by Crippen LogP contribution is -2.37. The Morgan fingerprint density at radius 1 is 1.26 bits per heavy atom. The van der Waals surface area contributed by atoms with Crippen molar-refractivity contribution in [2.75, 3.05) is 0 Å². The van der Waals surface area contributed by atoms with Crippen molar-refractivity contribution in [3.8, 4) is 0 Å². The second kappa shape index (κ2) is 5.61. The van der Waals surface area contributed by atoms with Crippen LogP contribution in [0.1, 0.15) is 5.56 Å². The smallest absolute Gasteiger partial charge is 0.304 e. The average molecular weight is 402 g/mol. The van der Waals surface area contributed by atoms with E-state index in [1.54, 1.807) is 6.07 Å². The lowest BCUT2D eigenvalue weighted by molar-refractivity contribution is 0.625. The molecule has 0 fully saturated rings. The van der Waals surface area contributed by atoms with Crippen molar-refractivity contribution in [2.45, 2.75) is 6.54 Å². The van der Waals surface area contributed by atoms with Crippen LogP contribution in [-0.2, 0) is 20.6 Å². The molecule has 6 nitrogen and oxygen atoms in total. The first-order valence-corrected chi connectivity index (χ1v) is 7.74. The number of imidazole rings is 1. The molecule has 1 aromatic carbocycles. The zero-order chi connectivity index (χ0) is 16.9. The van der Waals surface area contributed by atoms with Gasteiger partial charge in [-0.05, 0) is 29.3 Å². The SMILES string of the molecule is Cn1c(=O)c2c(nc(Cl)n2Cc2ccc(F)cc2Br)n(C)c1=O. The lowest BCUT2D eigenvalue weighted by Gasteiger charge is -2.09. The Kier molecular flexibility index (Phi) is 3.89. The van der Waals surface area contributed by atoms with Crippen LogP contribution in [0.2, 0.25) is 5.28 Å². The van der Waals surface area contributed by atoms with Crippen LogP contribution in [-0.4, -0.2) is 18.7 Å². The van der Waals surface area contributed by atoms with Crippen molar-refractivity contribution >= 4 is 38.7 Å². The van der Waals surface area contributed by atoms with E-state index >= 15 is 0 Å². The van der Waals surface area contributed by atoms with Crippen LogP contribution in [0.15, 0.2) is 32.3 Å². The molecule has 0 saturated carbocycles. The molecular weight excluding hydrogens is 391 g/mol. The minimum Gasteiger partial charge on any atom is -0.304 e. The molecule has 0 bridgehead atoms. The Balaban J connectivity index is 2.28. The minimum absolute atomic E-state index is 0.0783. The van der Waals surface area contributed by atoms with Gasteiger partial charge in [-0.3, -0.25) is 13.9 Å². The third-order valence-corrected chi connectivity index (χ3v) is 4.67. The summed E-state index contributed by atoms with van der Waals surface area (Å²) in [5, 5.41) is 0.0783. The van der Waals surface area contributed by atoms with E-state index in [0.29, 0.717) is 4.47 Å². The number of benzene rings is 1. The third kappa shape index (κ3) is 2.51. The molecule has 0 N–H and O–H groups in total. The van der Waals surface area contributed by atoms with Crippen molar-refractivity contribution in [3.63, 3.8) is 0 Å². The first-order valence-electron chi connectivity index (χ1n) is 6.57. The molecule has 2 aromatic heterocycles. The normalized spacial score (nSPS) is 11.3. The highest BCUT2D eigenvalue weighted by atomic mass is 79.9. The van der Waals surface area contributed by atoms with Gasteiger partial charge >= 0.3 is 5.69 Å². The van der Waals surface area contributed by atoms with Gasteiger partial charge in [0.1, 0.15) is 5.82 Å². The van der Waals surface area contributed by atoms with E-state index in [2.05, 4.69) is 20.9 Å². The van der Waals surface area contributed by atoms with E-state index in [9.17, 15) is 14.0 Å². The quantitative estimate of drug-likeness (QED) is 0.617. The van der Waals surface area contributed by atoms with Gasteiger partial charge in [-0.15, -0.1) is 0 Å². The van der Waals surface area contributed by atoms with Crippen LogP contribution in [0.3, 0.4) is 0 Å². The van der Waals surface area contributed by atoms with Gasteiger partial charge in [0.2, 0.25) is 5.28 Å². The Hall–Kier alpha value is -1.93. The van der Waals surface area contributed by atoms with Gasteiger partial charge in [0.25, 0.3) is 5.56 Å². The molecule has 2 heterocycles. The summed E-state index contributed by atoms with van der Waals surface area (Å²) in [6.07, 6.45) is 0. The summed E-state index contributed by atoms with van der Waals surface area (Å²) in [6, 6.07) is 4.24. The maximum atomic E-state index is 13.2. The van der Waals surface area contributed by atoms with Gasteiger partial charge in [0, 0.05) is 18.6 Å². The zero-order valence-electron chi connectivity index (χ0n) is 12.2. The van der Waals surface area contributed by atoms with Crippen molar-refractivity contribution < 1.29 is 4.39 Å². The average Bonchev–Trinajstić information content (AvgIpc) is 2.83. The summed E-state index contributed by atoms with van der Waals surface area (Å²) in [5.41, 5.74) is 0.188. The van der Waals surface area contributed by atoms with E-state index in [4.69, 9.17) is 11.6 Å². The molecule has 120 valence electrons. The standard InChI is InChI=1S/C14H11BrClFN4O2/c1-19-11-10(12(22)20(2)14(19)23)21(13(16)18-11)6-7-3-4-8(17)5-9(7)15/h3-5H,6H2,1-2H3. The van der Waals surface area contributed by atoms with Crippen LogP contribution in [0.25, 0.3) is 11.2 Å². The van der Waals surface area contributed by atoms with Gasteiger partial charge in [0.15, 0.2) is 11.2 Å². The Bertz CT molecular complexity index is 1050. The predicted octanol–water partition coefficient (Wildman–Crippen LogP) is 2.04. The summed E-state index contributed by atoms with van der Waals surface area (Å²) < 4.78 is 17.5. The highest BCUT2D eigenvalue weighted by Gasteiger charge is 2.18. The van der Waals surface area contributed by atoms with Gasteiger partial charge < -0.3 is 4.57 Å². The van der Waals surface area contributed by atoms with Crippen LogP contribution < -0.4 is 11.2 Å². The Morgan fingerprint density at radius 2 is 1.96 bits per heavy atom. The molecule has 0 aliphatic carbocycles. The molecule has 0 amide bonds. The van der Waals surface area contributed by atoms with E-state index < -0.39 is 11.2 Å². The molecule has 0 saturated heterocycles. The molecule has 0 aliphatic rings. The second-order valence-corrected chi connectivity index (χ2v) is 6.27. The molecule has 3 rings (SSSR count). The van der Waals surface area contributed by atoms with Crippen LogP contribution >= 0.6 is 27.5 Å². The van der Waals surface area contributed by atoms with Crippen molar-refractivity contribution in [3.05, 3.63) is 60.2 Å². The summed E-state index contributed by atoms with van der Waals surface area (Å²) >= 11 is 9.43. The van der Waals surface area contributed by atoms with Crippen LogP contribution in [0.4, 0.5) is 4.39 Å². The van der Waals surface area contributed by atoms with Crippen molar-refractivity contribution in [1.29, 1.82) is 0 Å². The lowest BCUT2D eigenvalue weighted by atomic mass is 10.2. The number of hydrogen-bond donors (Lipinski definition) is 0. The van der Waals surface area contributed by atoms with E-state index in [1.165, 1.54) is 35.4 Å². The molecule has 0 unspecified atom stereocenters. The molecule has 0 atom stereocenters. The zero-order valence-corrected chi connectivity index (χ0v) is 14.5. The fourth-order valence-electron chi connectivity index (χ4n) is 2.38. The van der Waals surface area contributed by atoms with Crippen LogP contribution in [0, 0.1) is 5.82 Å². The largest absolute Gasteiger partial charge is 0.332 e. The predicted molar refractivity (Wildman–Crippen MR) is 88.4 cm³/mol. The monoisotopic (exact) mass is 400 g/mol. The van der Waals surface area contributed by atoms with Gasteiger partial charge in [-0.2, -0.15) is 4.98 Å². The van der Waals surface area contributed by atoms with Crippen LogP contribution in [0.5, 0.6) is 0 Å². The summed E-state index contributed by atoms with van der Waals surface area (Å²) in [7, 11) is 2.91. The molecule has 23 heavy (non-hydrogen) atoms. The molecule has 0 aliphatic heterocycles. The fourth-order valence-corrected chi connectivity index (χ4v) is 3.09. The summed E-state index contributed by atoms with van der Waals surface area (Å²) in [6.45, 7) is 0.212. The van der Waals surface area contributed by atoms with E-state index in [0.717, 1.165) is 10.1 Å². The highest BCUT2D eigenvalue weighted by molar-refractivity contribution is 9.10. The molecule has 0 radical (unpaired) electrons. The molecule has 9 heteroatoms. The number of nitrogens with zero attached hydrogens (tertiary/aromatic N) is 4. The first kappa shape index (κ1) is 15.9. The molecular formula is C14H11BrClFN4O2. The van der Waals surface area contributed by atoms with Gasteiger partial charge in [-0.25, -0.2) is 9.18 Å². The number of aryl methyl sites for hydroxylation is 1. The minimum atomic E-state index is -0.485.